The van der Waals surface area contributed by atoms with E-state index >= 15 is 0 Å². The Kier molecular flexibility index (Phi) is 5.74. The number of hydrogen-bond donors (Lipinski definition) is 2. The Hall–Kier alpha value is -2.18. The summed E-state index contributed by atoms with van der Waals surface area (Å²) in [5.41, 5.74) is 2.17. The van der Waals surface area contributed by atoms with Crippen LogP contribution in [0.25, 0.3) is 0 Å². The second-order valence-corrected chi connectivity index (χ2v) is 7.10. The minimum Gasteiger partial charge on any atom is -0.503 e. The van der Waals surface area contributed by atoms with E-state index in [1.165, 1.54) is 11.8 Å². The van der Waals surface area contributed by atoms with Crippen LogP contribution in [0.15, 0.2) is 35.6 Å². The number of hydrogen-bond acceptors (Lipinski definition) is 4. The van der Waals surface area contributed by atoms with Crippen molar-refractivity contribution in [2.24, 2.45) is 0 Å². The van der Waals surface area contributed by atoms with Crippen LogP contribution < -0.4 is 4.90 Å². The van der Waals surface area contributed by atoms with Crippen molar-refractivity contribution in [3.8, 4) is 0 Å². The number of amides is 1. The topological polar surface area (TPSA) is 71.3 Å². The molecule has 140 valence electrons. The average Bonchev–Trinajstić information content (AvgIpc) is 2.88. The summed E-state index contributed by atoms with van der Waals surface area (Å²) < 4.78 is 5.37. The SMILES string of the molecule is CC(=O)C1=C(O)C(=O)N(CCC[NH+]2CCOCC2)[C@@H]1c1ccc(C)cc1. The summed E-state index contributed by atoms with van der Waals surface area (Å²) in [5.74, 6) is -1.11. The quantitative estimate of drug-likeness (QED) is 0.780. The molecule has 0 aromatic heterocycles. The van der Waals surface area contributed by atoms with Gasteiger partial charge < -0.3 is 19.6 Å². The Balaban J connectivity index is 1.76. The molecule has 0 unspecified atom stereocenters. The van der Waals surface area contributed by atoms with Crippen LogP contribution in [0.5, 0.6) is 0 Å². The molecule has 1 amide bonds. The van der Waals surface area contributed by atoms with Crippen molar-refractivity contribution < 1.29 is 24.3 Å². The number of carbonyl (C=O) groups excluding carboxylic acids is 2. The molecule has 3 rings (SSSR count). The van der Waals surface area contributed by atoms with Crippen LogP contribution in [-0.2, 0) is 14.3 Å². The monoisotopic (exact) mass is 359 g/mol. The molecule has 0 aliphatic carbocycles. The third-order valence-corrected chi connectivity index (χ3v) is 5.21. The number of rotatable bonds is 6. The highest BCUT2D eigenvalue weighted by Crippen LogP contribution is 2.37. The Morgan fingerprint density at radius 2 is 1.92 bits per heavy atom. The van der Waals surface area contributed by atoms with Crippen molar-refractivity contribution in [1.29, 1.82) is 0 Å². The Morgan fingerprint density at radius 3 is 2.54 bits per heavy atom. The van der Waals surface area contributed by atoms with E-state index in [9.17, 15) is 14.7 Å². The second kappa shape index (κ2) is 8.01. The van der Waals surface area contributed by atoms with Crippen LogP contribution >= 0.6 is 0 Å². The first-order valence-corrected chi connectivity index (χ1v) is 9.22. The van der Waals surface area contributed by atoms with Crippen molar-refractivity contribution in [2.75, 3.05) is 39.4 Å². The van der Waals surface area contributed by atoms with E-state index in [0.717, 1.165) is 50.4 Å². The molecule has 2 heterocycles. The molecule has 26 heavy (non-hydrogen) atoms. The standard InChI is InChI=1S/C20H26N2O4/c1-14-4-6-16(7-5-14)18-17(15(2)23)19(24)20(25)22(18)9-3-8-21-10-12-26-13-11-21/h4-7,18,24H,3,8-13H2,1-2H3/p+1/t18-/m1/s1. The molecule has 0 radical (unpaired) electrons. The highest BCUT2D eigenvalue weighted by Gasteiger charge is 2.42. The maximum Gasteiger partial charge on any atom is 0.290 e. The van der Waals surface area contributed by atoms with E-state index < -0.39 is 17.7 Å². The van der Waals surface area contributed by atoms with E-state index in [0.29, 0.717) is 6.54 Å². The first kappa shape index (κ1) is 18.6. The van der Waals surface area contributed by atoms with Gasteiger partial charge in [-0.25, -0.2) is 0 Å². The van der Waals surface area contributed by atoms with Gasteiger partial charge in [0.15, 0.2) is 11.5 Å². The minimum atomic E-state index is -0.500. The third-order valence-electron chi connectivity index (χ3n) is 5.21. The van der Waals surface area contributed by atoms with Crippen LogP contribution in [0.3, 0.4) is 0 Å². The molecule has 0 bridgehead atoms. The largest absolute Gasteiger partial charge is 0.503 e. The zero-order chi connectivity index (χ0) is 18.7. The number of ketones is 1. The lowest BCUT2D eigenvalue weighted by Crippen LogP contribution is -3.14. The molecular weight excluding hydrogens is 332 g/mol. The van der Waals surface area contributed by atoms with Gasteiger partial charge in [-0.2, -0.15) is 0 Å². The zero-order valence-electron chi connectivity index (χ0n) is 15.5. The van der Waals surface area contributed by atoms with E-state index in [-0.39, 0.29) is 11.4 Å². The van der Waals surface area contributed by atoms with Gasteiger partial charge in [0.05, 0.1) is 31.4 Å². The van der Waals surface area contributed by atoms with Crippen LogP contribution in [0.1, 0.15) is 30.5 Å². The number of carbonyl (C=O) groups is 2. The van der Waals surface area contributed by atoms with Gasteiger partial charge in [-0.3, -0.25) is 9.59 Å². The zero-order valence-corrected chi connectivity index (χ0v) is 15.5. The molecule has 1 saturated heterocycles. The van der Waals surface area contributed by atoms with Crippen LogP contribution in [0.4, 0.5) is 0 Å². The summed E-state index contributed by atoms with van der Waals surface area (Å²) in [7, 11) is 0. The number of aliphatic hydroxyl groups is 1. The molecule has 1 aromatic rings. The lowest BCUT2D eigenvalue weighted by molar-refractivity contribution is -0.908. The van der Waals surface area contributed by atoms with E-state index in [4.69, 9.17) is 4.74 Å². The maximum absolute atomic E-state index is 12.6. The lowest BCUT2D eigenvalue weighted by Gasteiger charge is -2.28. The predicted molar refractivity (Wildman–Crippen MR) is 97.0 cm³/mol. The van der Waals surface area contributed by atoms with Crippen LogP contribution in [-0.4, -0.2) is 61.1 Å². The number of nitrogens with one attached hydrogen (secondary N) is 1. The number of Topliss-reactive ketones (excluding diaryl/α,β-unsaturated/α-hetero) is 1. The van der Waals surface area contributed by atoms with Gasteiger partial charge >= 0.3 is 0 Å². The fourth-order valence-corrected chi connectivity index (χ4v) is 3.75. The van der Waals surface area contributed by atoms with Crippen molar-refractivity contribution in [1.82, 2.24) is 4.90 Å². The van der Waals surface area contributed by atoms with Crippen molar-refractivity contribution >= 4 is 11.7 Å². The molecule has 0 spiro atoms. The fourth-order valence-electron chi connectivity index (χ4n) is 3.75. The normalized spacial score (nSPS) is 21.5. The molecule has 1 fully saturated rings. The van der Waals surface area contributed by atoms with E-state index in [2.05, 4.69) is 0 Å². The molecular formula is C20H27N2O4+. The number of quaternary nitrogens is 1. The summed E-state index contributed by atoms with van der Waals surface area (Å²) in [6.45, 7) is 8.39. The number of aliphatic hydroxyl groups excluding tert-OH is 1. The highest BCUT2D eigenvalue weighted by atomic mass is 16.5. The van der Waals surface area contributed by atoms with Gasteiger partial charge in [0.1, 0.15) is 13.1 Å². The molecule has 6 nitrogen and oxygen atoms in total. The summed E-state index contributed by atoms with van der Waals surface area (Å²) in [6.07, 6.45) is 0.821. The van der Waals surface area contributed by atoms with E-state index in [1.807, 2.05) is 31.2 Å². The summed E-state index contributed by atoms with van der Waals surface area (Å²) in [4.78, 5) is 27.8. The van der Waals surface area contributed by atoms with Crippen LogP contribution in [0, 0.1) is 6.92 Å². The minimum absolute atomic E-state index is 0.206. The van der Waals surface area contributed by atoms with Crippen molar-refractivity contribution in [3.05, 3.63) is 46.7 Å². The smallest absolute Gasteiger partial charge is 0.290 e. The maximum atomic E-state index is 12.6. The Bertz CT molecular complexity index is 705. The van der Waals surface area contributed by atoms with Crippen LogP contribution in [0.2, 0.25) is 0 Å². The van der Waals surface area contributed by atoms with Gasteiger partial charge in [-0.05, 0) is 19.4 Å². The van der Waals surface area contributed by atoms with E-state index in [1.54, 1.807) is 4.90 Å². The fraction of sp³-hybridized carbons (Fsp3) is 0.500. The summed E-state index contributed by atoms with van der Waals surface area (Å²) >= 11 is 0. The molecule has 0 saturated carbocycles. The Morgan fingerprint density at radius 1 is 1.27 bits per heavy atom. The van der Waals surface area contributed by atoms with Gasteiger partial charge in [0.2, 0.25) is 0 Å². The summed E-state index contributed by atoms with van der Waals surface area (Å²) in [6, 6.07) is 7.27. The molecule has 1 atom stereocenters. The van der Waals surface area contributed by atoms with Gasteiger partial charge in [-0.1, -0.05) is 29.8 Å². The van der Waals surface area contributed by atoms with Crippen molar-refractivity contribution in [3.63, 3.8) is 0 Å². The number of nitrogens with zero attached hydrogens (tertiary/aromatic N) is 1. The molecule has 1 aromatic carbocycles. The molecule has 2 aliphatic rings. The summed E-state index contributed by atoms with van der Waals surface area (Å²) in [5, 5.41) is 10.3. The number of benzene rings is 1. The van der Waals surface area contributed by atoms with Crippen molar-refractivity contribution in [2.45, 2.75) is 26.3 Å². The molecule has 2 aliphatic heterocycles. The molecule has 2 N–H and O–H groups in total. The van der Waals surface area contributed by atoms with Gasteiger partial charge in [-0.15, -0.1) is 0 Å². The first-order chi connectivity index (χ1) is 12.5. The molecule has 6 heteroatoms. The first-order valence-electron chi connectivity index (χ1n) is 9.22. The second-order valence-electron chi connectivity index (χ2n) is 7.10. The highest BCUT2D eigenvalue weighted by molar-refractivity contribution is 6.08. The van der Waals surface area contributed by atoms with Gasteiger partial charge in [0, 0.05) is 13.0 Å². The average molecular weight is 359 g/mol. The lowest BCUT2D eigenvalue weighted by atomic mass is 9.96. The third kappa shape index (κ3) is 3.81. The predicted octanol–water partition coefficient (Wildman–Crippen LogP) is 0.585. The number of aryl methyl sites for hydroxylation is 1. The Labute approximate surface area is 154 Å². The number of morpholine rings is 1. The number of ether oxygens (including phenoxy) is 1. The van der Waals surface area contributed by atoms with Gasteiger partial charge in [0.25, 0.3) is 5.91 Å².